The number of nitrogens with two attached hydrogens (primary N) is 1. The Morgan fingerprint density at radius 1 is 1.24 bits per heavy atom. The van der Waals surface area contributed by atoms with E-state index in [2.05, 4.69) is 31.2 Å². The van der Waals surface area contributed by atoms with Crippen LogP contribution in [0.25, 0.3) is 0 Å². The van der Waals surface area contributed by atoms with Crippen molar-refractivity contribution in [3.63, 3.8) is 0 Å². The van der Waals surface area contributed by atoms with E-state index in [1.807, 2.05) is 24.3 Å². The van der Waals surface area contributed by atoms with Gasteiger partial charge in [0.15, 0.2) is 11.0 Å². The number of nitrogens with one attached hydrogen (secondary N) is 1. The summed E-state index contributed by atoms with van der Waals surface area (Å²) in [4.78, 5) is 7.82. The van der Waals surface area contributed by atoms with Gasteiger partial charge < -0.3 is 11.1 Å². The highest BCUT2D eigenvalue weighted by molar-refractivity contribution is 9.10. The average Bonchev–Trinajstić information content (AvgIpc) is 2.33. The standard InChI is InChI=1S/C11H10BrClN4/c12-8-3-1-7(2-4-8)5-15-11-9(14)10(13)16-6-17-11/h1-4,6H,5,14H2,(H,15,16,17). The molecule has 0 aliphatic rings. The molecule has 4 nitrogen and oxygen atoms in total. The molecule has 0 aliphatic carbocycles. The second kappa shape index (κ2) is 5.33. The minimum atomic E-state index is 0.262. The monoisotopic (exact) mass is 312 g/mol. The zero-order chi connectivity index (χ0) is 12.3. The first-order chi connectivity index (χ1) is 8.16. The van der Waals surface area contributed by atoms with E-state index in [9.17, 15) is 0 Å². The van der Waals surface area contributed by atoms with Gasteiger partial charge in [0.25, 0.3) is 0 Å². The third-order valence-electron chi connectivity index (χ3n) is 2.21. The molecule has 0 atom stereocenters. The van der Waals surface area contributed by atoms with Gasteiger partial charge in [0, 0.05) is 11.0 Å². The second-order valence-corrected chi connectivity index (χ2v) is 4.68. The molecule has 3 N–H and O–H groups in total. The first kappa shape index (κ1) is 12.1. The molecule has 1 aromatic heterocycles. The lowest BCUT2D eigenvalue weighted by Crippen LogP contribution is -2.05. The van der Waals surface area contributed by atoms with E-state index >= 15 is 0 Å². The first-order valence-corrected chi connectivity index (χ1v) is 6.08. The third kappa shape index (κ3) is 3.08. The summed E-state index contributed by atoms with van der Waals surface area (Å²) in [5.74, 6) is 0.549. The molecule has 1 heterocycles. The molecule has 0 spiro atoms. The van der Waals surface area contributed by atoms with Crippen LogP contribution in [0.2, 0.25) is 5.15 Å². The summed E-state index contributed by atoms with van der Waals surface area (Å²) in [7, 11) is 0. The number of hydrogen-bond acceptors (Lipinski definition) is 4. The van der Waals surface area contributed by atoms with Gasteiger partial charge in [-0.25, -0.2) is 9.97 Å². The van der Waals surface area contributed by atoms with E-state index < -0.39 is 0 Å². The van der Waals surface area contributed by atoms with Crippen molar-refractivity contribution in [1.29, 1.82) is 0 Å². The van der Waals surface area contributed by atoms with Crippen molar-refractivity contribution in [3.05, 3.63) is 45.8 Å². The van der Waals surface area contributed by atoms with Crippen LogP contribution in [0.4, 0.5) is 11.5 Å². The first-order valence-electron chi connectivity index (χ1n) is 4.91. The van der Waals surface area contributed by atoms with E-state index in [0.717, 1.165) is 10.0 Å². The fourth-order valence-electron chi connectivity index (χ4n) is 1.30. The summed E-state index contributed by atoms with van der Waals surface area (Å²) in [6.45, 7) is 0.630. The maximum atomic E-state index is 5.79. The number of hydrogen-bond donors (Lipinski definition) is 2. The van der Waals surface area contributed by atoms with E-state index in [1.54, 1.807) is 0 Å². The minimum Gasteiger partial charge on any atom is -0.393 e. The molecule has 0 radical (unpaired) electrons. The van der Waals surface area contributed by atoms with E-state index in [0.29, 0.717) is 18.1 Å². The van der Waals surface area contributed by atoms with Crippen molar-refractivity contribution >= 4 is 39.0 Å². The molecule has 0 bridgehead atoms. The van der Waals surface area contributed by atoms with Crippen LogP contribution in [-0.4, -0.2) is 9.97 Å². The van der Waals surface area contributed by atoms with Gasteiger partial charge in [0.1, 0.15) is 12.0 Å². The highest BCUT2D eigenvalue weighted by Gasteiger charge is 2.05. The van der Waals surface area contributed by atoms with Gasteiger partial charge in [0.2, 0.25) is 0 Å². The van der Waals surface area contributed by atoms with Gasteiger partial charge in [0.05, 0.1) is 0 Å². The lowest BCUT2D eigenvalue weighted by Gasteiger charge is -2.08. The molecule has 1 aromatic carbocycles. The number of anilines is 2. The van der Waals surface area contributed by atoms with Crippen LogP contribution in [0.3, 0.4) is 0 Å². The zero-order valence-corrected chi connectivity index (χ0v) is 11.2. The molecule has 0 saturated carbocycles. The van der Waals surface area contributed by atoms with Crippen LogP contribution >= 0.6 is 27.5 Å². The predicted molar refractivity (Wildman–Crippen MR) is 72.9 cm³/mol. The molecule has 2 rings (SSSR count). The van der Waals surface area contributed by atoms with Crippen LogP contribution in [0.1, 0.15) is 5.56 Å². The second-order valence-electron chi connectivity index (χ2n) is 3.41. The maximum absolute atomic E-state index is 5.79. The van der Waals surface area contributed by atoms with Crippen LogP contribution < -0.4 is 11.1 Å². The van der Waals surface area contributed by atoms with Gasteiger partial charge in [-0.3, -0.25) is 0 Å². The fourth-order valence-corrected chi connectivity index (χ4v) is 1.70. The van der Waals surface area contributed by atoms with Crippen LogP contribution in [0.15, 0.2) is 35.1 Å². The van der Waals surface area contributed by atoms with Gasteiger partial charge in [-0.2, -0.15) is 0 Å². The van der Waals surface area contributed by atoms with Crippen molar-refractivity contribution in [2.45, 2.75) is 6.54 Å². The molecular weight excluding hydrogens is 304 g/mol. The lowest BCUT2D eigenvalue weighted by atomic mass is 10.2. The Bertz CT molecular complexity index is 515. The Balaban J connectivity index is 2.07. The number of halogens is 2. The average molecular weight is 314 g/mol. The van der Waals surface area contributed by atoms with Crippen LogP contribution in [0.5, 0.6) is 0 Å². The number of benzene rings is 1. The Labute approximate surface area is 112 Å². The Morgan fingerprint density at radius 2 is 1.94 bits per heavy atom. The highest BCUT2D eigenvalue weighted by atomic mass is 79.9. The SMILES string of the molecule is Nc1c(Cl)ncnc1NCc1ccc(Br)cc1. The number of nitrogen functional groups attached to an aromatic ring is 1. The van der Waals surface area contributed by atoms with Crippen molar-refractivity contribution < 1.29 is 0 Å². The normalized spacial score (nSPS) is 10.2. The Morgan fingerprint density at radius 3 is 2.65 bits per heavy atom. The molecule has 17 heavy (non-hydrogen) atoms. The maximum Gasteiger partial charge on any atom is 0.157 e. The van der Waals surface area contributed by atoms with Gasteiger partial charge in [-0.1, -0.05) is 39.7 Å². The summed E-state index contributed by atoms with van der Waals surface area (Å²) in [6, 6.07) is 7.98. The van der Waals surface area contributed by atoms with Gasteiger partial charge >= 0.3 is 0 Å². The minimum absolute atomic E-state index is 0.262. The van der Waals surface area contributed by atoms with E-state index in [4.69, 9.17) is 17.3 Å². The molecule has 88 valence electrons. The van der Waals surface area contributed by atoms with E-state index in [-0.39, 0.29) is 5.15 Å². The van der Waals surface area contributed by atoms with Crippen LogP contribution in [-0.2, 0) is 6.54 Å². The third-order valence-corrected chi connectivity index (χ3v) is 3.04. The fraction of sp³-hybridized carbons (Fsp3) is 0.0909. The summed E-state index contributed by atoms with van der Waals surface area (Å²) in [6.07, 6.45) is 1.38. The van der Waals surface area contributed by atoms with Crippen molar-refractivity contribution in [1.82, 2.24) is 9.97 Å². The molecule has 6 heteroatoms. The quantitative estimate of drug-likeness (QED) is 0.855. The topological polar surface area (TPSA) is 63.8 Å². The number of aromatic nitrogens is 2. The van der Waals surface area contributed by atoms with Gasteiger partial charge in [-0.15, -0.1) is 0 Å². The number of nitrogens with zero attached hydrogens (tertiary/aromatic N) is 2. The highest BCUT2D eigenvalue weighted by Crippen LogP contribution is 2.22. The van der Waals surface area contributed by atoms with E-state index in [1.165, 1.54) is 6.33 Å². The number of rotatable bonds is 3. The largest absolute Gasteiger partial charge is 0.393 e. The summed E-state index contributed by atoms with van der Waals surface area (Å²) in [5.41, 5.74) is 7.24. The molecule has 0 aliphatic heterocycles. The molecule has 0 saturated heterocycles. The van der Waals surface area contributed by atoms with Gasteiger partial charge in [-0.05, 0) is 17.7 Å². The summed E-state index contributed by atoms with van der Waals surface area (Å²) >= 11 is 9.18. The molecule has 2 aromatic rings. The Kier molecular flexibility index (Phi) is 3.81. The molecule has 0 unspecified atom stereocenters. The van der Waals surface area contributed by atoms with Crippen molar-refractivity contribution in [2.75, 3.05) is 11.1 Å². The molecule has 0 fully saturated rings. The molecule has 0 amide bonds. The molecular formula is C11H10BrClN4. The summed E-state index contributed by atoms with van der Waals surface area (Å²) in [5, 5.41) is 3.38. The van der Waals surface area contributed by atoms with Crippen molar-refractivity contribution in [2.24, 2.45) is 0 Å². The summed E-state index contributed by atoms with van der Waals surface area (Å²) < 4.78 is 1.05. The van der Waals surface area contributed by atoms with Crippen molar-refractivity contribution in [3.8, 4) is 0 Å². The zero-order valence-electron chi connectivity index (χ0n) is 8.82. The smallest absolute Gasteiger partial charge is 0.157 e. The Hall–Kier alpha value is -1.33. The predicted octanol–water partition coefficient (Wildman–Crippen LogP) is 3.09. The lowest BCUT2D eigenvalue weighted by molar-refractivity contribution is 1.08. The van der Waals surface area contributed by atoms with Crippen LogP contribution in [0, 0.1) is 0 Å².